The van der Waals surface area contributed by atoms with Gasteiger partial charge in [-0.25, -0.2) is 0 Å². The molecule has 0 bridgehead atoms. The van der Waals surface area contributed by atoms with Crippen LogP contribution in [0.5, 0.6) is 0 Å². The molecule has 1 saturated carbocycles. The molecule has 1 aliphatic heterocycles. The first-order valence-electron chi connectivity index (χ1n) is 7.44. The molecule has 21 heavy (non-hydrogen) atoms. The molecular formula is C13H20N6O2. The first-order chi connectivity index (χ1) is 10.1. The Bertz CT molecular complexity index is 537. The monoisotopic (exact) mass is 292 g/mol. The van der Waals surface area contributed by atoms with Crippen molar-refractivity contribution in [2.75, 3.05) is 6.54 Å². The summed E-state index contributed by atoms with van der Waals surface area (Å²) in [4.78, 5) is 27.4. The highest BCUT2D eigenvalue weighted by Crippen LogP contribution is 2.28. The van der Waals surface area contributed by atoms with Crippen molar-refractivity contribution in [3.63, 3.8) is 0 Å². The van der Waals surface area contributed by atoms with Gasteiger partial charge in [-0.2, -0.15) is 4.80 Å². The van der Waals surface area contributed by atoms with E-state index in [1.807, 2.05) is 0 Å². The molecule has 1 aromatic rings. The Kier molecular flexibility index (Phi) is 3.85. The minimum absolute atomic E-state index is 0.0195. The van der Waals surface area contributed by atoms with Crippen molar-refractivity contribution < 1.29 is 9.59 Å². The van der Waals surface area contributed by atoms with E-state index in [1.54, 1.807) is 7.05 Å². The third kappa shape index (κ3) is 3.03. The lowest BCUT2D eigenvalue weighted by molar-refractivity contribution is -0.147. The minimum atomic E-state index is -0.386. The molecule has 3 rings (SSSR count). The zero-order chi connectivity index (χ0) is 14.8. The molecule has 1 aromatic heterocycles. The second-order valence-electron chi connectivity index (χ2n) is 5.83. The number of carbonyl (C=O) groups excluding carboxylic acids is 2. The molecule has 8 nitrogen and oxygen atoms in total. The van der Waals surface area contributed by atoms with Crippen molar-refractivity contribution in [3.05, 3.63) is 5.82 Å². The summed E-state index contributed by atoms with van der Waals surface area (Å²) < 4.78 is 0. The maximum absolute atomic E-state index is 12.6. The van der Waals surface area contributed by atoms with Gasteiger partial charge in [0.25, 0.3) is 0 Å². The number of aromatic nitrogens is 4. The molecule has 1 atom stereocenters. The van der Waals surface area contributed by atoms with Crippen LogP contribution < -0.4 is 5.32 Å². The van der Waals surface area contributed by atoms with Crippen molar-refractivity contribution in [1.29, 1.82) is 0 Å². The predicted octanol–water partition coefficient (Wildman–Crippen LogP) is -0.383. The standard InChI is InChI=1S/C13H20N6O2/c1-18-16-10(15-17-18)7-19-8-11(20)14-12(13(19)21)9-5-3-2-4-6-9/h9,12H,2-8H2,1H3,(H,14,20). The van der Waals surface area contributed by atoms with Crippen molar-refractivity contribution in [3.8, 4) is 0 Å². The van der Waals surface area contributed by atoms with Crippen LogP contribution in [0.4, 0.5) is 0 Å². The Labute approximate surface area is 122 Å². The maximum atomic E-state index is 12.6. The number of aryl methyl sites for hydroxylation is 1. The van der Waals surface area contributed by atoms with Crippen LogP contribution in [0.1, 0.15) is 37.9 Å². The number of rotatable bonds is 3. The van der Waals surface area contributed by atoms with E-state index in [0.29, 0.717) is 5.82 Å². The van der Waals surface area contributed by atoms with Gasteiger partial charge in [-0.1, -0.05) is 19.3 Å². The highest BCUT2D eigenvalue weighted by Gasteiger charge is 2.38. The highest BCUT2D eigenvalue weighted by molar-refractivity contribution is 5.95. The quantitative estimate of drug-likeness (QED) is 0.819. The lowest BCUT2D eigenvalue weighted by Gasteiger charge is -2.37. The third-order valence-electron chi connectivity index (χ3n) is 4.23. The Morgan fingerprint density at radius 2 is 2.00 bits per heavy atom. The number of hydrogen-bond acceptors (Lipinski definition) is 5. The van der Waals surface area contributed by atoms with Gasteiger partial charge in [0.05, 0.1) is 13.6 Å². The van der Waals surface area contributed by atoms with Crippen molar-refractivity contribution in [1.82, 2.24) is 30.4 Å². The van der Waals surface area contributed by atoms with Crippen LogP contribution in [0.15, 0.2) is 0 Å². The molecule has 2 fully saturated rings. The van der Waals surface area contributed by atoms with Gasteiger partial charge < -0.3 is 10.2 Å². The summed E-state index contributed by atoms with van der Waals surface area (Å²) in [6.07, 6.45) is 5.51. The summed E-state index contributed by atoms with van der Waals surface area (Å²) in [5.41, 5.74) is 0. The van der Waals surface area contributed by atoms with Gasteiger partial charge in [-0.15, -0.1) is 10.2 Å². The van der Waals surface area contributed by atoms with Crippen molar-refractivity contribution >= 4 is 11.8 Å². The zero-order valence-electron chi connectivity index (χ0n) is 12.2. The fourth-order valence-corrected chi connectivity index (χ4v) is 3.21. The summed E-state index contributed by atoms with van der Waals surface area (Å²) >= 11 is 0. The molecule has 1 saturated heterocycles. The molecule has 114 valence electrons. The largest absolute Gasteiger partial charge is 0.342 e. The summed E-state index contributed by atoms with van der Waals surface area (Å²) in [5.74, 6) is 0.596. The number of tetrazole rings is 1. The third-order valence-corrected chi connectivity index (χ3v) is 4.23. The lowest BCUT2D eigenvalue weighted by Crippen LogP contribution is -2.60. The average molecular weight is 292 g/mol. The van der Waals surface area contributed by atoms with E-state index in [0.717, 1.165) is 25.7 Å². The molecule has 1 N–H and O–H groups in total. The van der Waals surface area contributed by atoms with Gasteiger partial charge >= 0.3 is 0 Å². The van der Waals surface area contributed by atoms with E-state index >= 15 is 0 Å². The topological polar surface area (TPSA) is 93.0 Å². The molecule has 0 spiro atoms. The van der Waals surface area contributed by atoms with Gasteiger partial charge in [-0.05, 0) is 24.0 Å². The molecule has 8 heteroatoms. The number of nitrogens with one attached hydrogen (secondary N) is 1. The molecule has 1 aliphatic carbocycles. The van der Waals surface area contributed by atoms with E-state index in [-0.39, 0.29) is 36.9 Å². The van der Waals surface area contributed by atoms with E-state index in [2.05, 4.69) is 20.7 Å². The predicted molar refractivity (Wildman–Crippen MR) is 72.7 cm³/mol. The Morgan fingerprint density at radius 1 is 1.24 bits per heavy atom. The lowest BCUT2D eigenvalue weighted by atomic mass is 9.82. The molecule has 2 heterocycles. The number of hydrogen-bond donors (Lipinski definition) is 1. The molecule has 0 aromatic carbocycles. The van der Waals surface area contributed by atoms with Gasteiger partial charge in [0, 0.05) is 0 Å². The van der Waals surface area contributed by atoms with E-state index < -0.39 is 0 Å². The van der Waals surface area contributed by atoms with E-state index in [9.17, 15) is 9.59 Å². The van der Waals surface area contributed by atoms with Crippen LogP contribution in [0.25, 0.3) is 0 Å². The van der Waals surface area contributed by atoms with Crippen LogP contribution in [0.3, 0.4) is 0 Å². The number of carbonyl (C=O) groups is 2. The van der Waals surface area contributed by atoms with E-state index in [1.165, 1.54) is 16.1 Å². The number of piperazine rings is 1. The Hall–Kier alpha value is -1.99. The summed E-state index contributed by atoms with van der Waals surface area (Å²) in [6.45, 7) is 0.309. The van der Waals surface area contributed by atoms with Crippen LogP contribution >= 0.6 is 0 Å². The molecular weight excluding hydrogens is 272 g/mol. The first kappa shape index (κ1) is 14.0. The second kappa shape index (κ2) is 5.79. The van der Waals surface area contributed by atoms with Crippen LogP contribution in [-0.4, -0.2) is 49.5 Å². The van der Waals surface area contributed by atoms with Crippen LogP contribution in [-0.2, 0) is 23.2 Å². The van der Waals surface area contributed by atoms with Gasteiger partial charge in [0.2, 0.25) is 11.8 Å². The van der Waals surface area contributed by atoms with Gasteiger partial charge in [-0.3, -0.25) is 9.59 Å². The zero-order valence-corrected chi connectivity index (χ0v) is 12.2. The maximum Gasteiger partial charge on any atom is 0.246 e. The Morgan fingerprint density at radius 3 is 2.67 bits per heavy atom. The first-order valence-corrected chi connectivity index (χ1v) is 7.44. The molecule has 0 radical (unpaired) electrons. The fourth-order valence-electron chi connectivity index (χ4n) is 3.21. The number of amides is 2. The smallest absolute Gasteiger partial charge is 0.246 e. The van der Waals surface area contributed by atoms with Gasteiger partial charge in [0.1, 0.15) is 12.6 Å². The minimum Gasteiger partial charge on any atom is -0.342 e. The molecule has 1 unspecified atom stereocenters. The molecule has 2 aliphatic rings. The summed E-state index contributed by atoms with van der Waals surface area (Å²) in [5, 5.41) is 14.6. The van der Waals surface area contributed by atoms with Gasteiger partial charge in [0.15, 0.2) is 5.82 Å². The van der Waals surface area contributed by atoms with Crippen molar-refractivity contribution in [2.45, 2.75) is 44.7 Å². The average Bonchev–Trinajstić information content (AvgIpc) is 2.89. The SMILES string of the molecule is Cn1nnc(CN2CC(=O)NC(C3CCCCC3)C2=O)n1. The highest BCUT2D eigenvalue weighted by atomic mass is 16.2. The summed E-state index contributed by atoms with van der Waals surface area (Å²) in [7, 11) is 1.67. The van der Waals surface area contributed by atoms with Crippen molar-refractivity contribution in [2.24, 2.45) is 13.0 Å². The second-order valence-corrected chi connectivity index (χ2v) is 5.83. The van der Waals surface area contributed by atoms with Crippen LogP contribution in [0, 0.1) is 5.92 Å². The Balaban J connectivity index is 1.71. The molecule has 2 amide bonds. The summed E-state index contributed by atoms with van der Waals surface area (Å²) in [6, 6.07) is -0.386. The normalized spacial score (nSPS) is 24.2. The fraction of sp³-hybridized carbons (Fsp3) is 0.769. The van der Waals surface area contributed by atoms with Crippen LogP contribution in [0.2, 0.25) is 0 Å². The van der Waals surface area contributed by atoms with E-state index in [4.69, 9.17) is 0 Å². The number of nitrogens with zero attached hydrogens (tertiary/aromatic N) is 5.